The van der Waals surface area contributed by atoms with Crippen LogP contribution in [0.25, 0.3) is 33.5 Å². The summed E-state index contributed by atoms with van der Waals surface area (Å²) in [7, 11) is 1.65. The third kappa shape index (κ3) is 4.49. The van der Waals surface area contributed by atoms with E-state index in [2.05, 4.69) is 15.5 Å². The van der Waals surface area contributed by atoms with Gasteiger partial charge in [-0.1, -0.05) is 59.7 Å². The molecule has 158 valence electrons. The second-order valence-corrected chi connectivity index (χ2v) is 7.69. The van der Waals surface area contributed by atoms with Crippen LogP contribution in [-0.2, 0) is 4.74 Å². The Labute approximate surface area is 181 Å². The SMILES string of the molecule is COCCCNC(=O)c1cc(-c2ccc(C)cc2)nc2n[nH]c(-c3ccc(C)cc3)c12. The Morgan fingerprint density at radius 3 is 2.29 bits per heavy atom. The molecule has 0 aliphatic heterocycles. The maximum Gasteiger partial charge on any atom is 0.252 e. The zero-order valence-corrected chi connectivity index (χ0v) is 18.0. The number of aromatic amines is 1. The molecule has 1 amide bonds. The molecule has 31 heavy (non-hydrogen) atoms. The van der Waals surface area contributed by atoms with Gasteiger partial charge in [0.1, 0.15) is 0 Å². The van der Waals surface area contributed by atoms with Crippen LogP contribution in [0.2, 0.25) is 0 Å². The first kappa shape index (κ1) is 20.8. The van der Waals surface area contributed by atoms with Crippen molar-refractivity contribution in [1.82, 2.24) is 20.5 Å². The number of rotatable bonds is 7. The number of pyridine rings is 1. The monoisotopic (exact) mass is 414 g/mol. The first-order chi connectivity index (χ1) is 15.1. The van der Waals surface area contributed by atoms with Crippen LogP contribution in [0.1, 0.15) is 27.9 Å². The van der Waals surface area contributed by atoms with Crippen molar-refractivity contribution in [2.45, 2.75) is 20.3 Å². The molecule has 0 atom stereocenters. The maximum absolute atomic E-state index is 13.2. The minimum absolute atomic E-state index is 0.147. The smallest absolute Gasteiger partial charge is 0.252 e. The molecule has 0 fully saturated rings. The lowest BCUT2D eigenvalue weighted by Gasteiger charge is -2.10. The van der Waals surface area contributed by atoms with Gasteiger partial charge in [-0.25, -0.2) is 4.98 Å². The van der Waals surface area contributed by atoms with Crippen LogP contribution in [-0.4, -0.2) is 41.3 Å². The minimum Gasteiger partial charge on any atom is -0.385 e. The van der Waals surface area contributed by atoms with Gasteiger partial charge in [0, 0.05) is 31.4 Å². The molecule has 2 aromatic heterocycles. The summed E-state index contributed by atoms with van der Waals surface area (Å²) in [6, 6.07) is 18.1. The largest absolute Gasteiger partial charge is 0.385 e. The molecule has 0 unspecified atom stereocenters. The predicted molar refractivity (Wildman–Crippen MR) is 123 cm³/mol. The summed E-state index contributed by atoms with van der Waals surface area (Å²) in [4.78, 5) is 17.9. The van der Waals surface area contributed by atoms with E-state index < -0.39 is 0 Å². The highest BCUT2D eigenvalue weighted by Gasteiger charge is 2.20. The second-order valence-electron chi connectivity index (χ2n) is 7.69. The van der Waals surface area contributed by atoms with Crippen LogP contribution in [0.15, 0.2) is 54.6 Å². The number of hydrogen-bond acceptors (Lipinski definition) is 4. The van der Waals surface area contributed by atoms with Crippen molar-refractivity contribution in [3.05, 3.63) is 71.3 Å². The molecule has 0 spiro atoms. The molecule has 0 saturated heterocycles. The molecule has 4 rings (SSSR count). The summed E-state index contributed by atoms with van der Waals surface area (Å²) in [6.45, 7) is 5.22. The molecular formula is C25H26N4O2. The van der Waals surface area contributed by atoms with Gasteiger partial charge in [0.2, 0.25) is 0 Å². The van der Waals surface area contributed by atoms with Crippen LogP contribution in [0.5, 0.6) is 0 Å². The van der Waals surface area contributed by atoms with Crippen molar-refractivity contribution in [3.63, 3.8) is 0 Å². The van der Waals surface area contributed by atoms with Crippen LogP contribution < -0.4 is 5.32 Å². The fourth-order valence-electron chi connectivity index (χ4n) is 3.52. The van der Waals surface area contributed by atoms with E-state index in [1.165, 1.54) is 11.1 Å². The molecule has 2 N–H and O–H groups in total. The number of amides is 1. The number of fused-ring (bicyclic) bond motifs is 1. The average molecular weight is 415 g/mol. The van der Waals surface area contributed by atoms with Crippen molar-refractivity contribution in [2.75, 3.05) is 20.3 Å². The number of H-pyrrole nitrogens is 1. The molecule has 0 saturated carbocycles. The summed E-state index contributed by atoms with van der Waals surface area (Å²) < 4.78 is 5.08. The van der Waals surface area contributed by atoms with Crippen molar-refractivity contribution in [1.29, 1.82) is 0 Å². The summed E-state index contributed by atoms with van der Waals surface area (Å²) in [5.41, 5.74) is 6.84. The number of nitrogens with zero attached hydrogens (tertiary/aromatic N) is 2. The van der Waals surface area contributed by atoms with Gasteiger partial charge in [-0.3, -0.25) is 9.89 Å². The number of methoxy groups -OCH3 is 1. The normalized spacial score (nSPS) is 11.1. The van der Waals surface area contributed by atoms with Gasteiger partial charge < -0.3 is 10.1 Å². The minimum atomic E-state index is -0.147. The first-order valence-electron chi connectivity index (χ1n) is 10.4. The van der Waals surface area contributed by atoms with Gasteiger partial charge in [-0.2, -0.15) is 5.10 Å². The molecule has 0 aliphatic rings. The fourth-order valence-corrected chi connectivity index (χ4v) is 3.52. The number of hydrogen-bond donors (Lipinski definition) is 2. The third-order valence-corrected chi connectivity index (χ3v) is 5.27. The maximum atomic E-state index is 13.2. The standard InChI is InChI=1S/C25H26N4O2/c1-16-5-9-18(10-6-16)21-15-20(25(30)26-13-4-14-31-3)22-23(28-29-24(22)27-21)19-11-7-17(2)8-12-19/h5-12,15H,4,13-14H2,1-3H3,(H,26,30)(H,27,28,29). The highest BCUT2D eigenvalue weighted by Crippen LogP contribution is 2.31. The van der Waals surface area contributed by atoms with Crippen molar-refractivity contribution in [3.8, 4) is 22.5 Å². The Morgan fingerprint density at radius 2 is 1.65 bits per heavy atom. The van der Waals surface area contributed by atoms with E-state index in [-0.39, 0.29) is 5.91 Å². The summed E-state index contributed by atoms with van der Waals surface area (Å²) >= 11 is 0. The molecular weight excluding hydrogens is 388 g/mol. The zero-order valence-electron chi connectivity index (χ0n) is 18.0. The molecule has 4 aromatic rings. The number of aromatic nitrogens is 3. The zero-order chi connectivity index (χ0) is 21.8. The second kappa shape index (κ2) is 9.10. The Morgan fingerprint density at radius 1 is 1.00 bits per heavy atom. The highest BCUT2D eigenvalue weighted by atomic mass is 16.5. The summed E-state index contributed by atoms with van der Waals surface area (Å²) in [5.74, 6) is -0.147. The van der Waals surface area contributed by atoms with Crippen molar-refractivity contribution in [2.24, 2.45) is 0 Å². The van der Waals surface area contributed by atoms with Crippen molar-refractivity contribution >= 4 is 16.9 Å². The van der Waals surface area contributed by atoms with E-state index in [9.17, 15) is 4.79 Å². The summed E-state index contributed by atoms with van der Waals surface area (Å²) in [5, 5.41) is 11.3. The van der Waals surface area contributed by atoms with Gasteiger partial charge in [-0.15, -0.1) is 0 Å². The highest BCUT2D eigenvalue weighted by molar-refractivity contribution is 6.10. The van der Waals surface area contributed by atoms with E-state index >= 15 is 0 Å². The van der Waals surface area contributed by atoms with Crippen LogP contribution in [0, 0.1) is 13.8 Å². The van der Waals surface area contributed by atoms with E-state index in [0.717, 1.165) is 34.3 Å². The third-order valence-electron chi connectivity index (χ3n) is 5.27. The number of carbonyl (C=O) groups is 1. The Kier molecular flexibility index (Phi) is 6.09. The molecule has 2 aromatic carbocycles. The Hall–Kier alpha value is -3.51. The van der Waals surface area contributed by atoms with E-state index in [0.29, 0.717) is 24.4 Å². The molecule has 2 heterocycles. The fraction of sp³-hybridized carbons (Fsp3) is 0.240. The molecule has 0 bridgehead atoms. The van der Waals surface area contributed by atoms with Gasteiger partial charge in [-0.05, 0) is 26.3 Å². The number of aryl methyl sites for hydroxylation is 2. The topological polar surface area (TPSA) is 79.9 Å². The lowest BCUT2D eigenvalue weighted by atomic mass is 10.0. The van der Waals surface area contributed by atoms with Crippen LogP contribution in [0.4, 0.5) is 0 Å². The average Bonchev–Trinajstić information content (AvgIpc) is 3.21. The Balaban J connectivity index is 1.82. The Bertz CT molecular complexity index is 1190. The number of nitrogens with one attached hydrogen (secondary N) is 2. The van der Waals surface area contributed by atoms with Gasteiger partial charge in [0.15, 0.2) is 5.65 Å². The lowest BCUT2D eigenvalue weighted by Crippen LogP contribution is -2.25. The quantitative estimate of drug-likeness (QED) is 0.431. The van der Waals surface area contributed by atoms with Gasteiger partial charge in [0.05, 0.1) is 22.3 Å². The van der Waals surface area contributed by atoms with E-state index in [1.54, 1.807) is 7.11 Å². The van der Waals surface area contributed by atoms with Crippen LogP contribution >= 0.6 is 0 Å². The van der Waals surface area contributed by atoms with E-state index in [4.69, 9.17) is 9.72 Å². The van der Waals surface area contributed by atoms with Gasteiger partial charge >= 0.3 is 0 Å². The molecule has 6 nitrogen and oxygen atoms in total. The molecule has 6 heteroatoms. The van der Waals surface area contributed by atoms with Gasteiger partial charge in [0.25, 0.3) is 5.91 Å². The number of carbonyl (C=O) groups excluding carboxylic acids is 1. The first-order valence-corrected chi connectivity index (χ1v) is 10.4. The number of ether oxygens (including phenoxy) is 1. The predicted octanol–water partition coefficient (Wildman–Crippen LogP) is 4.68. The van der Waals surface area contributed by atoms with Crippen molar-refractivity contribution < 1.29 is 9.53 Å². The molecule has 0 aliphatic carbocycles. The molecule has 0 radical (unpaired) electrons. The number of benzene rings is 2. The summed E-state index contributed by atoms with van der Waals surface area (Å²) in [6.07, 6.45) is 0.748. The van der Waals surface area contributed by atoms with Crippen LogP contribution in [0.3, 0.4) is 0 Å². The van der Waals surface area contributed by atoms with E-state index in [1.807, 2.05) is 68.4 Å². The lowest BCUT2D eigenvalue weighted by molar-refractivity contribution is 0.0950.